The Hall–Kier alpha value is -0.540. The molecular formula is C15H22BrNO. The van der Waals surface area contributed by atoms with Gasteiger partial charge in [0.15, 0.2) is 0 Å². The molecule has 0 saturated heterocycles. The van der Waals surface area contributed by atoms with Gasteiger partial charge in [0.25, 0.3) is 0 Å². The molecule has 0 aromatic heterocycles. The number of ether oxygens (including phenoxy) is 1. The van der Waals surface area contributed by atoms with Gasteiger partial charge >= 0.3 is 0 Å². The lowest BCUT2D eigenvalue weighted by atomic mass is 10.1. The van der Waals surface area contributed by atoms with E-state index in [1.165, 1.54) is 31.4 Å². The van der Waals surface area contributed by atoms with Gasteiger partial charge in [0.2, 0.25) is 0 Å². The number of benzene rings is 1. The van der Waals surface area contributed by atoms with E-state index in [1.807, 2.05) is 6.07 Å². The van der Waals surface area contributed by atoms with Crippen molar-refractivity contribution < 1.29 is 4.74 Å². The number of rotatable bonds is 7. The van der Waals surface area contributed by atoms with Crippen LogP contribution in [0.4, 0.5) is 0 Å². The Morgan fingerprint density at radius 3 is 2.89 bits per heavy atom. The first-order valence-electron chi connectivity index (χ1n) is 6.78. The Kier molecular flexibility index (Phi) is 5.51. The quantitative estimate of drug-likeness (QED) is 0.564. The van der Waals surface area contributed by atoms with E-state index in [-0.39, 0.29) is 0 Å². The van der Waals surface area contributed by atoms with Crippen molar-refractivity contribution in [3.63, 3.8) is 0 Å². The minimum absolute atomic E-state index is 0.337. The number of nitrogens with zero attached hydrogens (tertiary/aromatic N) is 1. The van der Waals surface area contributed by atoms with Gasteiger partial charge in [-0.05, 0) is 38.1 Å². The summed E-state index contributed by atoms with van der Waals surface area (Å²) in [7, 11) is 2.19. The van der Waals surface area contributed by atoms with Crippen molar-refractivity contribution in [1.29, 1.82) is 0 Å². The standard InChI is InChI=1S/C15H22BrNO/c1-17(10-6-2-5-9-16)12-14-11-13-7-3-4-8-15(13)18-14/h3-4,7-8,14H,2,5-6,9-12H2,1H3. The maximum atomic E-state index is 5.96. The molecule has 0 fully saturated rings. The van der Waals surface area contributed by atoms with Crippen LogP contribution in [0.5, 0.6) is 5.75 Å². The van der Waals surface area contributed by atoms with Crippen LogP contribution in [0.15, 0.2) is 24.3 Å². The summed E-state index contributed by atoms with van der Waals surface area (Å²) < 4.78 is 5.96. The molecule has 1 aromatic carbocycles. The molecule has 0 saturated carbocycles. The fraction of sp³-hybridized carbons (Fsp3) is 0.600. The van der Waals surface area contributed by atoms with E-state index < -0.39 is 0 Å². The molecule has 18 heavy (non-hydrogen) atoms. The summed E-state index contributed by atoms with van der Waals surface area (Å²) in [6.45, 7) is 2.20. The summed E-state index contributed by atoms with van der Waals surface area (Å²) in [5, 5.41) is 1.12. The average molecular weight is 312 g/mol. The number of halogens is 1. The van der Waals surface area contributed by atoms with E-state index in [1.54, 1.807) is 0 Å². The Bertz CT molecular complexity index is 344. The normalized spacial score (nSPS) is 17.8. The Morgan fingerprint density at radius 1 is 1.28 bits per heavy atom. The van der Waals surface area contributed by atoms with Gasteiger partial charge in [-0.25, -0.2) is 0 Å². The van der Waals surface area contributed by atoms with E-state index in [0.717, 1.165) is 24.0 Å². The molecule has 1 unspecified atom stereocenters. The highest BCUT2D eigenvalue weighted by atomic mass is 79.9. The number of alkyl halides is 1. The number of para-hydroxylation sites is 1. The first-order valence-corrected chi connectivity index (χ1v) is 7.91. The van der Waals surface area contributed by atoms with Crippen LogP contribution in [0.1, 0.15) is 24.8 Å². The molecule has 1 heterocycles. The van der Waals surface area contributed by atoms with Crippen LogP contribution in [-0.2, 0) is 6.42 Å². The fourth-order valence-electron chi connectivity index (χ4n) is 2.45. The molecule has 1 aliphatic rings. The van der Waals surface area contributed by atoms with Crippen LogP contribution < -0.4 is 4.74 Å². The van der Waals surface area contributed by atoms with Crippen molar-refractivity contribution in [3.05, 3.63) is 29.8 Å². The second kappa shape index (κ2) is 7.15. The molecule has 0 amide bonds. The van der Waals surface area contributed by atoms with Crippen LogP contribution in [0, 0.1) is 0 Å². The van der Waals surface area contributed by atoms with Gasteiger partial charge in [-0.15, -0.1) is 0 Å². The number of hydrogen-bond donors (Lipinski definition) is 0. The molecule has 100 valence electrons. The molecule has 1 atom stereocenters. The van der Waals surface area contributed by atoms with E-state index >= 15 is 0 Å². The number of unbranched alkanes of at least 4 members (excludes halogenated alkanes) is 2. The zero-order valence-corrected chi connectivity index (χ0v) is 12.7. The molecule has 2 nitrogen and oxygen atoms in total. The SMILES string of the molecule is CN(CCCCCBr)CC1Cc2ccccc2O1. The summed E-state index contributed by atoms with van der Waals surface area (Å²) in [6, 6.07) is 8.39. The van der Waals surface area contributed by atoms with Crippen molar-refractivity contribution in [2.24, 2.45) is 0 Å². The second-order valence-corrected chi connectivity index (χ2v) is 5.86. The summed E-state index contributed by atoms with van der Waals surface area (Å²) >= 11 is 3.47. The number of fused-ring (bicyclic) bond motifs is 1. The van der Waals surface area contributed by atoms with Crippen molar-refractivity contribution in [2.45, 2.75) is 31.8 Å². The van der Waals surface area contributed by atoms with Gasteiger partial charge in [0.1, 0.15) is 11.9 Å². The van der Waals surface area contributed by atoms with Crippen molar-refractivity contribution in [1.82, 2.24) is 4.90 Å². The summed E-state index contributed by atoms with van der Waals surface area (Å²) in [4.78, 5) is 2.39. The van der Waals surface area contributed by atoms with Crippen LogP contribution in [-0.4, -0.2) is 36.5 Å². The van der Waals surface area contributed by atoms with Crippen molar-refractivity contribution in [2.75, 3.05) is 25.5 Å². The predicted molar refractivity (Wildman–Crippen MR) is 79.7 cm³/mol. The van der Waals surface area contributed by atoms with Gasteiger partial charge < -0.3 is 9.64 Å². The first kappa shape index (κ1) is 13.9. The van der Waals surface area contributed by atoms with Gasteiger partial charge in [0.05, 0.1) is 0 Å². The highest BCUT2D eigenvalue weighted by Crippen LogP contribution is 2.28. The molecule has 1 aliphatic heterocycles. The maximum absolute atomic E-state index is 5.96. The monoisotopic (exact) mass is 311 g/mol. The van der Waals surface area contributed by atoms with Gasteiger partial charge in [-0.1, -0.05) is 40.5 Å². The summed E-state index contributed by atoms with van der Waals surface area (Å²) in [5.74, 6) is 1.08. The third kappa shape index (κ3) is 3.99. The maximum Gasteiger partial charge on any atom is 0.123 e. The lowest BCUT2D eigenvalue weighted by Crippen LogP contribution is -2.32. The molecule has 0 radical (unpaired) electrons. The minimum Gasteiger partial charge on any atom is -0.488 e. The number of hydrogen-bond acceptors (Lipinski definition) is 2. The Morgan fingerprint density at radius 2 is 2.11 bits per heavy atom. The highest BCUT2D eigenvalue weighted by molar-refractivity contribution is 9.09. The lowest BCUT2D eigenvalue weighted by Gasteiger charge is -2.20. The highest BCUT2D eigenvalue weighted by Gasteiger charge is 2.23. The van der Waals surface area contributed by atoms with Crippen LogP contribution >= 0.6 is 15.9 Å². The molecule has 1 aromatic rings. The molecular weight excluding hydrogens is 290 g/mol. The van der Waals surface area contributed by atoms with Crippen LogP contribution in [0.2, 0.25) is 0 Å². The fourth-order valence-corrected chi connectivity index (χ4v) is 2.84. The summed E-state index contributed by atoms with van der Waals surface area (Å²) in [5.41, 5.74) is 1.36. The lowest BCUT2D eigenvalue weighted by molar-refractivity contribution is 0.167. The molecule has 3 heteroatoms. The smallest absolute Gasteiger partial charge is 0.123 e. The van der Waals surface area contributed by atoms with Crippen molar-refractivity contribution in [3.8, 4) is 5.75 Å². The zero-order valence-electron chi connectivity index (χ0n) is 11.1. The molecule has 2 rings (SSSR count). The Balaban J connectivity index is 1.69. The van der Waals surface area contributed by atoms with Crippen LogP contribution in [0.3, 0.4) is 0 Å². The van der Waals surface area contributed by atoms with E-state index in [4.69, 9.17) is 4.74 Å². The molecule has 0 spiro atoms. The molecule has 0 aliphatic carbocycles. The second-order valence-electron chi connectivity index (χ2n) is 5.06. The van der Waals surface area contributed by atoms with E-state index in [0.29, 0.717) is 6.10 Å². The van der Waals surface area contributed by atoms with E-state index in [9.17, 15) is 0 Å². The predicted octanol–water partition coefficient (Wildman–Crippen LogP) is 3.49. The van der Waals surface area contributed by atoms with Crippen molar-refractivity contribution >= 4 is 15.9 Å². The molecule has 0 N–H and O–H groups in total. The topological polar surface area (TPSA) is 12.5 Å². The van der Waals surface area contributed by atoms with E-state index in [2.05, 4.69) is 46.1 Å². The Labute approximate surface area is 118 Å². The average Bonchev–Trinajstić information content (AvgIpc) is 2.76. The summed E-state index contributed by atoms with van der Waals surface area (Å²) in [6.07, 6.45) is 5.26. The third-order valence-electron chi connectivity index (χ3n) is 3.40. The van der Waals surface area contributed by atoms with Gasteiger partial charge in [0, 0.05) is 18.3 Å². The largest absolute Gasteiger partial charge is 0.488 e. The first-order chi connectivity index (χ1) is 8.79. The molecule has 0 bridgehead atoms. The van der Waals surface area contributed by atoms with Crippen LogP contribution in [0.25, 0.3) is 0 Å². The van der Waals surface area contributed by atoms with Gasteiger partial charge in [-0.2, -0.15) is 0 Å². The number of likely N-dealkylation sites (N-methyl/N-ethyl adjacent to an activating group) is 1. The minimum atomic E-state index is 0.337. The third-order valence-corrected chi connectivity index (χ3v) is 3.96. The van der Waals surface area contributed by atoms with Gasteiger partial charge in [-0.3, -0.25) is 0 Å². The zero-order chi connectivity index (χ0) is 12.8.